The molecule has 2 saturated heterocycles. The van der Waals surface area contributed by atoms with E-state index in [-0.39, 0.29) is 31.8 Å². The van der Waals surface area contributed by atoms with E-state index in [4.69, 9.17) is 0 Å². The fourth-order valence-corrected chi connectivity index (χ4v) is 3.67. The van der Waals surface area contributed by atoms with Crippen molar-refractivity contribution in [2.24, 2.45) is 0 Å². The number of halogens is 2. The molecule has 3 rings (SSSR count). The summed E-state index contributed by atoms with van der Waals surface area (Å²) in [5, 5.41) is 3.35. The number of amides is 1. The molecule has 2 aliphatic heterocycles. The number of hydrogen-bond donors (Lipinski definition) is 1. The van der Waals surface area contributed by atoms with Crippen LogP contribution in [0.25, 0.3) is 0 Å². The van der Waals surface area contributed by atoms with E-state index in [1.165, 1.54) is 5.56 Å². The van der Waals surface area contributed by atoms with Crippen LogP contribution in [0.3, 0.4) is 0 Å². The first kappa shape index (κ1) is 16.4. The topological polar surface area (TPSA) is 32.3 Å². The largest absolute Gasteiger partial charge is 0.338 e. The van der Waals surface area contributed by atoms with Gasteiger partial charge < -0.3 is 10.2 Å². The number of likely N-dealkylation sites (tertiary alicyclic amines) is 1. The Kier molecular flexibility index (Phi) is 4.67. The van der Waals surface area contributed by atoms with Crippen molar-refractivity contribution in [2.75, 3.05) is 26.2 Å². The van der Waals surface area contributed by atoms with Gasteiger partial charge in [-0.3, -0.25) is 4.79 Å². The van der Waals surface area contributed by atoms with Gasteiger partial charge in [-0.15, -0.1) is 0 Å². The zero-order valence-electron chi connectivity index (χ0n) is 13.6. The third-order valence-electron chi connectivity index (χ3n) is 5.17. The molecule has 0 unspecified atom stereocenters. The van der Waals surface area contributed by atoms with Crippen molar-refractivity contribution in [3.05, 3.63) is 34.9 Å². The van der Waals surface area contributed by atoms with Crippen LogP contribution < -0.4 is 5.32 Å². The minimum Gasteiger partial charge on any atom is -0.338 e. The van der Waals surface area contributed by atoms with Gasteiger partial charge in [0.2, 0.25) is 0 Å². The minimum atomic E-state index is -2.62. The highest BCUT2D eigenvalue weighted by molar-refractivity contribution is 5.96. The molecule has 126 valence electrons. The van der Waals surface area contributed by atoms with Gasteiger partial charge in [0, 0.05) is 31.5 Å². The summed E-state index contributed by atoms with van der Waals surface area (Å²) in [5.74, 6) is -2.24. The summed E-state index contributed by atoms with van der Waals surface area (Å²) in [6.07, 6.45) is 1.69. The number of carbonyl (C=O) groups is 1. The molecule has 5 heteroatoms. The first-order valence-electron chi connectivity index (χ1n) is 8.45. The zero-order chi connectivity index (χ0) is 16.4. The second-order valence-electron chi connectivity index (χ2n) is 6.69. The van der Waals surface area contributed by atoms with Crippen molar-refractivity contribution in [1.82, 2.24) is 10.2 Å². The molecule has 0 spiro atoms. The van der Waals surface area contributed by atoms with Crippen LogP contribution in [0.2, 0.25) is 0 Å². The lowest BCUT2D eigenvalue weighted by Crippen LogP contribution is -2.43. The summed E-state index contributed by atoms with van der Waals surface area (Å²) >= 11 is 0. The maximum absolute atomic E-state index is 13.3. The normalized spacial score (nSPS) is 22.1. The Hall–Kier alpha value is -1.49. The lowest BCUT2D eigenvalue weighted by Gasteiger charge is -2.32. The van der Waals surface area contributed by atoms with E-state index in [1.54, 1.807) is 4.90 Å². The quantitative estimate of drug-likeness (QED) is 0.906. The monoisotopic (exact) mass is 322 g/mol. The third kappa shape index (κ3) is 3.55. The first-order chi connectivity index (χ1) is 11.0. The lowest BCUT2D eigenvalue weighted by atomic mass is 9.85. The van der Waals surface area contributed by atoms with Gasteiger partial charge in [-0.05, 0) is 56.0 Å². The van der Waals surface area contributed by atoms with E-state index in [0.29, 0.717) is 11.5 Å². The summed E-state index contributed by atoms with van der Waals surface area (Å²) in [7, 11) is 0. The molecule has 0 radical (unpaired) electrons. The van der Waals surface area contributed by atoms with Gasteiger partial charge in [0.05, 0.1) is 0 Å². The van der Waals surface area contributed by atoms with Crippen molar-refractivity contribution >= 4 is 5.91 Å². The fourth-order valence-electron chi connectivity index (χ4n) is 3.67. The lowest BCUT2D eigenvalue weighted by molar-refractivity contribution is -0.0494. The highest BCUT2D eigenvalue weighted by atomic mass is 19.3. The van der Waals surface area contributed by atoms with Crippen molar-refractivity contribution < 1.29 is 13.6 Å². The zero-order valence-corrected chi connectivity index (χ0v) is 13.6. The molecule has 0 aliphatic carbocycles. The molecule has 0 bridgehead atoms. The summed E-state index contributed by atoms with van der Waals surface area (Å²) in [6, 6.07) is 5.86. The van der Waals surface area contributed by atoms with Gasteiger partial charge in [0.15, 0.2) is 0 Å². The molecule has 2 heterocycles. The van der Waals surface area contributed by atoms with Gasteiger partial charge in [-0.2, -0.15) is 0 Å². The highest BCUT2D eigenvalue weighted by Crippen LogP contribution is 2.32. The van der Waals surface area contributed by atoms with Crippen LogP contribution in [0.15, 0.2) is 18.2 Å². The van der Waals surface area contributed by atoms with E-state index in [1.807, 2.05) is 19.1 Å². The molecule has 2 fully saturated rings. The average molecular weight is 322 g/mol. The summed E-state index contributed by atoms with van der Waals surface area (Å²) in [5.41, 5.74) is 2.92. The predicted molar refractivity (Wildman–Crippen MR) is 86.1 cm³/mol. The number of nitrogens with zero attached hydrogens (tertiary/aromatic N) is 1. The summed E-state index contributed by atoms with van der Waals surface area (Å²) in [6.45, 7) is 4.28. The first-order valence-corrected chi connectivity index (χ1v) is 8.45. The van der Waals surface area contributed by atoms with Crippen LogP contribution in [-0.2, 0) is 0 Å². The Labute approximate surface area is 136 Å². The smallest absolute Gasteiger partial charge is 0.254 e. The average Bonchev–Trinajstić information content (AvgIpc) is 2.55. The van der Waals surface area contributed by atoms with Gasteiger partial charge >= 0.3 is 0 Å². The number of rotatable bonds is 2. The van der Waals surface area contributed by atoms with Crippen molar-refractivity contribution in [3.63, 3.8) is 0 Å². The van der Waals surface area contributed by atoms with Crippen LogP contribution in [-0.4, -0.2) is 42.9 Å². The number of nitrogens with one attached hydrogen (secondary N) is 1. The molecular formula is C18H24F2N2O. The summed E-state index contributed by atoms with van der Waals surface area (Å²) < 4.78 is 26.6. The Morgan fingerprint density at radius 1 is 1.22 bits per heavy atom. The number of piperidine rings is 2. The molecule has 1 amide bonds. The van der Waals surface area contributed by atoms with Gasteiger partial charge in [0.1, 0.15) is 0 Å². The Bertz CT molecular complexity index is 572. The van der Waals surface area contributed by atoms with Gasteiger partial charge in [-0.25, -0.2) is 8.78 Å². The standard InChI is InChI=1S/C18H24F2N2O/c1-13-15(14-5-9-21-10-6-14)3-2-4-16(13)17(23)22-11-7-18(19,20)8-12-22/h2-4,14,21H,5-12H2,1H3. The molecule has 1 N–H and O–H groups in total. The third-order valence-corrected chi connectivity index (χ3v) is 5.17. The second-order valence-corrected chi connectivity index (χ2v) is 6.69. The highest BCUT2D eigenvalue weighted by Gasteiger charge is 2.36. The summed E-state index contributed by atoms with van der Waals surface area (Å²) in [4.78, 5) is 14.3. The molecule has 0 saturated carbocycles. The van der Waals surface area contributed by atoms with E-state index >= 15 is 0 Å². The van der Waals surface area contributed by atoms with Gasteiger partial charge in [-0.1, -0.05) is 12.1 Å². The maximum Gasteiger partial charge on any atom is 0.254 e. The molecule has 2 aliphatic rings. The van der Waals surface area contributed by atoms with Crippen molar-refractivity contribution in [3.8, 4) is 0 Å². The number of carbonyl (C=O) groups excluding carboxylic acids is 1. The second kappa shape index (κ2) is 6.56. The fraction of sp³-hybridized carbons (Fsp3) is 0.611. The molecular weight excluding hydrogens is 298 g/mol. The van der Waals surface area contributed by atoms with E-state index < -0.39 is 5.92 Å². The molecule has 23 heavy (non-hydrogen) atoms. The molecule has 0 atom stereocenters. The van der Waals surface area contributed by atoms with Crippen LogP contribution in [0.4, 0.5) is 8.78 Å². The van der Waals surface area contributed by atoms with Crippen molar-refractivity contribution in [2.45, 2.75) is 44.4 Å². The molecule has 1 aromatic carbocycles. The van der Waals surface area contributed by atoms with E-state index in [2.05, 4.69) is 11.4 Å². The SMILES string of the molecule is Cc1c(C(=O)N2CCC(F)(F)CC2)cccc1C1CCNCC1. The molecule has 3 nitrogen and oxygen atoms in total. The number of benzene rings is 1. The van der Waals surface area contributed by atoms with Crippen LogP contribution >= 0.6 is 0 Å². The van der Waals surface area contributed by atoms with E-state index in [9.17, 15) is 13.6 Å². The van der Waals surface area contributed by atoms with Gasteiger partial charge in [0.25, 0.3) is 11.8 Å². The van der Waals surface area contributed by atoms with Crippen LogP contribution in [0.5, 0.6) is 0 Å². The van der Waals surface area contributed by atoms with Crippen LogP contribution in [0.1, 0.15) is 53.1 Å². The van der Waals surface area contributed by atoms with Crippen LogP contribution in [0, 0.1) is 6.92 Å². The number of alkyl halides is 2. The Balaban J connectivity index is 1.78. The van der Waals surface area contributed by atoms with E-state index in [0.717, 1.165) is 31.5 Å². The number of hydrogen-bond acceptors (Lipinski definition) is 2. The Morgan fingerprint density at radius 3 is 2.52 bits per heavy atom. The Morgan fingerprint density at radius 2 is 1.87 bits per heavy atom. The van der Waals surface area contributed by atoms with Crippen molar-refractivity contribution in [1.29, 1.82) is 0 Å². The predicted octanol–water partition coefficient (Wildman–Crippen LogP) is 3.33. The minimum absolute atomic E-state index is 0.103. The molecule has 1 aromatic rings. The molecule has 0 aromatic heterocycles. The maximum atomic E-state index is 13.3.